The van der Waals surface area contributed by atoms with Gasteiger partial charge in [0.15, 0.2) is 0 Å². The van der Waals surface area contributed by atoms with Gasteiger partial charge in [-0.05, 0) is 31.2 Å². The molecule has 0 aliphatic heterocycles. The first-order chi connectivity index (χ1) is 8.72. The Morgan fingerprint density at radius 2 is 2.17 bits per heavy atom. The molecule has 0 saturated carbocycles. The van der Waals surface area contributed by atoms with Gasteiger partial charge in [0.25, 0.3) is 0 Å². The minimum absolute atomic E-state index is 0.229. The van der Waals surface area contributed by atoms with Gasteiger partial charge < -0.3 is 15.1 Å². The second-order valence-corrected chi connectivity index (χ2v) is 4.12. The molecule has 3 nitrogen and oxygen atoms in total. The van der Waals surface area contributed by atoms with Crippen molar-refractivity contribution >= 4 is 5.69 Å². The van der Waals surface area contributed by atoms with E-state index in [1.54, 1.807) is 12.3 Å². The minimum atomic E-state index is -0.229. The maximum Gasteiger partial charge on any atom is 0.125 e. The predicted octanol–water partition coefficient (Wildman–Crippen LogP) is 2.90. The number of nitrogens with zero attached hydrogens (tertiary/aromatic N) is 1. The van der Waals surface area contributed by atoms with Gasteiger partial charge >= 0.3 is 0 Å². The molecule has 2 rings (SSSR count). The van der Waals surface area contributed by atoms with Gasteiger partial charge in [-0.25, -0.2) is 4.39 Å². The fourth-order valence-electron chi connectivity index (χ4n) is 1.86. The summed E-state index contributed by atoms with van der Waals surface area (Å²) < 4.78 is 18.6. The van der Waals surface area contributed by atoms with E-state index in [9.17, 15) is 4.39 Å². The molecular formula is C14H17FN2O. The second-order valence-electron chi connectivity index (χ2n) is 4.12. The summed E-state index contributed by atoms with van der Waals surface area (Å²) in [7, 11) is 0. The van der Waals surface area contributed by atoms with Crippen LogP contribution in [0.1, 0.15) is 18.2 Å². The third kappa shape index (κ3) is 2.90. The van der Waals surface area contributed by atoms with E-state index >= 15 is 0 Å². The van der Waals surface area contributed by atoms with E-state index in [1.807, 2.05) is 24.0 Å². The smallest absolute Gasteiger partial charge is 0.125 e. The van der Waals surface area contributed by atoms with Crippen molar-refractivity contribution < 1.29 is 8.81 Å². The van der Waals surface area contributed by atoms with Crippen LogP contribution in [0.4, 0.5) is 10.1 Å². The van der Waals surface area contributed by atoms with Crippen LogP contribution in [0.25, 0.3) is 0 Å². The van der Waals surface area contributed by atoms with Crippen molar-refractivity contribution in [2.45, 2.75) is 20.0 Å². The lowest BCUT2D eigenvalue weighted by Crippen LogP contribution is -2.21. The highest BCUT2D eigenvalue weighted by molar-refractivity contribution is 5.46. The molecule has 1 aromatic heterocycles. The molecule has 0 aliphatic carbocycles. The number of rotatable bonds is 5. The first-order valence-corrected chi connectivity index (χ1v) is 5.99. The number of hydrogen-bond donors (Lipinski definition) is 1. The summed E-state index contributed by atoms with van der Waals surface area (Å²) in [4.78, 5) is 2.04. The average molecular weight is 248 g/mol. The van der Waals surface area contributed by atoms with Crippen LogP contribution in [0.3, 0.4) is 0 Å². The Bertz CT molecular complexity index is 510. The largest absolute Gasteiger partial charge is 0.467 e. The molecule has 0 unspecified atom stereocenters. The summed E-state index contributed by atoms with van der Waals surface area (Å²) >= 11 is 0. The molecule has 0 amide bonds. The molecule has 0 spiro atoms. The standard InChI is InChI=1S/C14H17FN2O/c1-2-17(13-5-3-4-12(15)7-13)9-14-6-11(8-16)10-18-14/h3-7,10H,2,8-9,16H2,1H3. The van der Waals surface area contributed by atoms with Gasteiger partial charge in [0.05, 0.1) is 12.8 Å². The Hall–Kier alpha value is -1.81. The topological polar surface area (TPSA) is 42.4 Å². The fraction of sp³-hybridized carbons (Fsp3) is 0.286. The van der Waals surface area contributed by atoms with Crippen LogP contribution in [0.2, 0.25) is 0 Å². The summed E-state index contributed by atoms with van der Waals surface area (Å²) in [5.41, 5.74) is 7.36. The molecule has 4 heteroatoms. The molecule has 2 N–H and O–H groups in total. The Morgan fingerprint density at radius 3 is 2.78 bits per heavy atom. The number of nitrogens with two attached hydrogens (primary N) is 1. The number of benzene rings is 1. The van der Waals surface area contributed by atoms with Gasteiger partial charge in [0.1, 0.15) is 11.6 Å². The zero-order valence-corrected chi connectivity index (χ0v) is 10.4. The monoisotopic (exact) mass is 248 g/mol. The van der Waals surface area contributed by atoms with Crippen molar-refractivity contribution in [3.05, 3.63) is 53.7 Å². The summed E-state index contributed by atoms with van der Waals surface area (Å²) in [5, 5.41) is 0. The minimum Gasteiger partial charge on any atom is -0.467 e. The summed E-state index contributed by atoms with van der Waals surface area (Å²) in [6.07, 6.45) is 1.66. The SMILES string of the molecule is CCN(Cc1cc(CN)co1)c1cccc(F)c1. The molecular weight excluding hydrogens is 231 g/mol. The maximum atomic E-state index is 13.2. The van der Waals surface area contributed by atoms with Crippen molar-refractivity contribution in [1.82, 2.24) is 0 Å². The van der Waals surface area contributed by atoms with E-state index in [0.29, 0.717) is 13.1 Å². The third-order valence-corrected chi connectivity index (χ3v) is 2.85. The highest BCUT2D eigenvalue weighted by atomic mass is 19.1. The van der Waals surface area contributed by atoms with E-state index in [1.165, 1.54) is 12.1 Å². The molecule has 96 valence electrons. The van der Waals surface area contributed by atoms with Crippen LogP contribution in [-0.4, -0.2) is 6.54 Å². The quantitative estimate of drug-likeness (QED) is 0.884. The van der Waals surface area contributed by atoms with Crippen molar-refractivity contribution in [3.8, 4) is 0 Å². The molecule has 18 heavy (non-hydrogen) atoms. The zero-order chi connectivity index (χ0) is 13.0. The van der Waals surface area contributed by atoms with Crippen LogP contribution >= 0.6 is 0 Å². The van der Waals surface area contributed by atoms with Crippen molar-refractivity contribution in [3.63, 3.8) is 0 Å². The summed E-state index contributed by atoms with van der Waals surface area (Å²) in [5.74, 6) is 0.606. The third-order valence-electron chi connectivity index (χ3n) is 2.85. The zero-order valence-electron chi connectivity index (χ0n) is 10.4. The molecule has 1 aromatic carbocycles. The first-order valence-electron chi connectivity index (χ1n) is 5.99. The Labute approximate surface area is 106 Å². The Morgan fingerprint density at radius 1 is 1.33 bits per heavy atom. The van der Waals surface area contributed by atoms with Gasteiger partial charge in [-0.15, -0.1) is 0 Å². The van der Waals surface area contributed by atoms with Crippen LogP contribution < -0.4 is 10.6 Å². The lowest BCUT2D eigenvalue weighted by atomic mass is 10.2. The molecule has 0 atom stereocenters. The number of hydrogen-bond acceptors (Lipinski definition) is 3. The molecule has 0 aliphatic rings. The normalized spacial score (nSPS) is 10.6. The molecule has 0 radical (unpaired) electrons. The Kier molecular flexibility index (Phi) is 3.99. The van der Waals surface area contributed by atoms with Crippen LogP contribution in [-0.2, 0) is 13.1 Å². The molecule has 0 saturated heterocycles. The first kappa shape index (κ1) is 12.6. The number of furan rings is 1. The van der Waals surface area contributed by atoms with E-state index in [0.717, 1.165) is 23.6 Å². The second kappa shape index (κ2) is 5.69. The molecule has 2 aromatic rings. The van der Waals surface area contributed by atoms with E-state index in [-0.39, 0.29) is 5.82 Å². The fourth-order valence-corrected chi connectivity index (χ4v) is 1.86. The molecule has 0 fully saturated rings. The lowest BCUT2D eigenvalue weighted by molar-refractivity contribution is 0.501. The predicted molar refractivity (Wildman–Crippen MR) is 69.7 cm³/mol. The van der Waals surface area contributed by atoms with Crippen molar-refractivity contribution in [2.75, 3.05) is 11.4 Å². The molecule has 1 heterocycles. The van der Waals surface area contributed by atoms with E-state index in [4.69, 9.17) is 10.2 Å². The van der Waals surface area contributed by atoms with Crippen LogP contribution in [0, 0.1) is 5.82 Å². The summed E-state index contributed by atoms with van der Waals surface area (Å²) in [6, 6.07) is 8.50. The van der Waals surface area contributed by atoms with Gasteiger partial charge in [-0.2, -0.15) is 0 Å². The van der Waals surface area contributed by atoms with Gasteiger partial charge in [0.2, 0.25) is 0 Å². The summed E-state index contributed by atoms with van der Waals surface area (Å²) in [6.45, 7) is 3.88. The lowest BCUT2D eigenvalue weighted by Gasteiger charge is -2.21. The molecule has 0 bridgehead atoms. The highest BCUT2D eigenvalue weighted by Crippen LogP contribution is 2.19. The van der Waals surface area contributed by atoms with Crippen molar-refractivity contribution in [1.29, 1.82) is 0 Å². The van der Waals surface area contributed by atoms with E-state index in [2.05, 4.69) is 0 Å². The van der Waals surface area contributed by atoms with Gasteiger partial charge in [-0.1, -0.05) is 6.07 Å². The Balaban J connectivity index is 2.14. The van der Waals surface area contributed by atoms with Crippen LogP contribution in [0.5, 0.6) is 0 Å². The number of anilines is 1. The van der Waals surface area contributed by atoms with Crippen molar-refractivity contribution in [2.24, 2.45) is 5.73 Å². The number of halogens is 1. The highest BCUT2D eigenvalue weighted by Gasteiger charge is 2.09. The van der Waals surface area contributed by atoms with Gasteiger partial charge in [-0.3, -0.25) is 0 Å². The van der Waals surface area contributed by atoms with Gasteiger partial charge in [0, 0.05) is 24.3 Å². The van der Waals surface area contributed by atoms with E-state index < -0.39 is 0 Å². The van der Waals surface area contributed by atoms with Crippen LogP contribution in [0.15, 0.2) is 41.0 Å². The maximum absolute atomic E-state index is 13.2. The average Bonchev–Trinajstić information content (AvgIpc) is 2.83.